The fourth-order valence-corrected chi connectivity index (χ4v) is 4.74. The predicted molar refractivity (Wildman–Crippen MR) is 132 cm³/mol. The normalized spacial score (nSPS) is 18.2. The third-order valence-electron chi connectivity index (χ3n) is 6.74. The van der Waals surface area contributed by atoms with Gasteiger partial charge in [0.2, 0.25) is 5.43 Å². The quantitative estimate of drug-likeness (QED) is 0.518. The Labute approximate surface area is 212 Å². The van der Waals surface area contributed by atoms with E-state index < -0.39 is 28.5 Å². The second kappa shape index (κ2) is 9.65. The smallest absolute Gasteiger partial charge is 0.274 e. The molecule has 2 bridgehead atoms. The molecule has 3 heterocycles. The molecule has 0 aliphatic carbocycles. The van der Waals surface area contributed by atoms with Crippen LogP contribution in [0.5, 0.6) is 5.75 Å². The molecular weight excluding hydrogens is 480 g/mol. The summed E-state index contributed by atoms with van der Waals surface area (Å²) in [6.07, 6.45) is 5.84. The minimum Gasteiger partial charge on any atom is -0.483 e. The number of ether oxygens (including phenoxy) is 1. The molecule has 2 aliphatic rings. The molecule has 3 aromatic rings. The number of rotatable bonds is 6. The summed E-state index contributed by atoms with van der Waals surface area (Å²) in [4.78, 5) is 41.8. The maximum Gasteiger partial charge on any atom is 0.274 e. The minimum atomic E-state index is -0.808. The monoisotopic (exact) mass is 505 g/mol. The Hall–Kier alpha value is -4.27. The van der Waals surface area contributed by atoms with E-state index >= 15 is 0 Å². The lowest BCUT2D eigenvalue weighted by atomic mass is 9.93. The van der Waals surface area contributed by atoms with E-state index in [9.17, 15) is 23.2 Å². The van der Waals surface area contributed by atoms with Crippen molar-refractivity contribution < 1.29 is 23.1 Å². The van der Waals surface area contributed by atoms with Gasteiger partial charge in [-0.15, -0.1) is 0 Å². The zero-order valence-electron chi connectivity index (χ0n) is 20.2. The lowest BCUT2D eigenvalue weighted by Gasteiger charge is -2.42. The molecule has 0 saturated carbocycles. The molecular formula is C28H25F2N3O4. The zero-order chi connectivity index (χ0) is 26.2. The first kappa shape index (κ1) is 24.4. The number of allylic oxidation sites excluding steroid dienone is 1. The fraction of sp³-hybridized carbons (Fsp3) is 0.250. The summed E-state index contributed by atoms with van der Waals surface area (Å²) >= 11 is 0. The number of fused-ring (bicyclic) bond motifs is 4. The van der Waals surface area contributed by atoms with Crippen molar-refractivity contribution in [1.29, 1.82) is 0 Å². The van der Waals surface area contributed by atoms with Crippen molar-refractivity contribution in [1.82, 2.24) is 14.8 Å². The molecule has 0 saturated heterocycles. The summed E-state index contributed by atoms with van der Waals surface area (Å²) in [6.45, 7) is 2.53. The van der Waals surface area contributed by atoms with E-state index in [4.69, 9.17) is 4.74 Å². The molecule has 37 heavy (non-hydrogen) atoms. The highest BCUT2D eigenvalue weighted by atomic mass is 19.1. The first-order valence-corrected chi connectivity index (χ1v) is 11.9. The SMILES string of the molecule is C[C@]12CC=CCN(C1)C(=O)c1c(OCc3ccccc3)c(=O)c(C(=O)NCc3ccc(F)cc3F)cn12. The molecule has 2 amide bonds. The van der Waals surface area contributed by atoms with Gasteiger partial charge in [-0.3, -0.25) is 14.4 Å². The highest BCUT2D eigenvalue weighted by Crippen LogP contribution is 2.35. The fourth-order valence-electron chi connectivity index (χ4n) is 4.74. The zero-order valence-corrected chi connectivity index (χ0v) is 20.2. The van der Waals surface area contributed by atoms with Crippen LogP contribution in [-0.2, 0) is 18.7 Å². The first-order valence-electron chi connectivity index (χ1n) is 11.9. The number of aromatic nitrogens is 1. The summed E-state index contributed by atoms with van der Waals surface area (Å²) in [6, 6.07) is 12.2. The van der Waals surface area contributed by atoms with Crippen LogP contribution in [0.3, 0.4) is 0 Å². The van der Waals surface area contributed by atoms with Gasteiger partial charge in [-0.05, 0) is 25.0 Å². The molecule has 2 aromatic carbocycles. The molecule has 0 spiro atoms. The number of carbonyl (C=O) groups is 2. The van der Waals surface area contributed by atoms with E-state index in [0.717, 1.165) is 17.7 Å². The Kier molecular flexibility index (Phi) is 6.37. The Balaban J connectivity index is 1.56. The number of pyridine rings is 1. The van der Waals surface area contributed by atoms with Crippen LogP contribution in [-0.4, -0.2) is 34.4 Å². The first-order chi connectivity index (χ1) is 17.8. The second-order valence-electron chi connectivity index (χ2n) is 9.47. The second-order valence-corrected chi connectivity index (χ2v) is 9.47. The summed E-state index contributed by atoms with van der Waals surface area (Å²) < 4.78 is 34.9. The van der Waals surface area contributed by atoms with Crippen molar-refractivity contribution in [3.05, 3.63) is 111 Å². The Morgan fingerprint density at radius 1 is 1.11 bits per heavy atom. The number of amides is 2. The average Bonchev–Trinajstić information content (AvgIpc) is 3.06. The van der Waals surface area contributed by atoms with Crippen LogP contribution in [0, 0.1) is 11.6 Å². The van der Waals surface area contributed by atoms with Crippen LogP contribution in [0.25, 0.3) is 0 Å². The van der Waals surface area contributed by atoms with Crippen molar-refractivity contribution in [3.63, 3.8) is 0 Å². The number of nitrogens with one attached hydrogen (secondary N) is 1. The molecule has 2 aliphatic heterocycles. The molecule has 1 aromatic heterocycles. The highest BCUT2D eigenvalue weighted by Gasteiger charge is 2.42. The van der Waals surface area contributed by atoms with E-state index in [1.54, 1.807) is 9.47 Å². The van der Waals surface area contributed by atoms with Gasteiger partial charge in [-0.25, -0.2) is 8.78 Å². The lowest BCUT2D eigenvalue weighted by molar-refractivity contribution is 0.0599. The summed E-state index contributed by atoms with van der Waals surface area (Å²) in [5.41, 5.74) is -0.628. The minimum absolute atomic E-state index is 0.0250. The van der Waals surface area contributed by atoms with Crippen LogP contribution < -0.4 is 15.5 Å². The molecule has 1 N–H and O–H groups in total. The standard InChI is InChI=1S/C28H25F2N3O4/c1-28-11-5-6-12-32(17-28)27(36)23-25(37-16-18-7-3-2-4-8-18)24(34)21(15-33(23)28)26(35)31-14-19-9-10-20(29)13-22(19)30/h2-10,13,15H,11-12,14,16-17H2,1H3,(H,31,35)/t28-/m0/s1. The van der Waals surface area contributed by atoms with Gasteiger partial charge in [0.1, 0.15) is 23.8 Å². The van der Waals surface area contributed by atoms with Crippen LogP contribution in [0.15, 0.2) is 71.7 Å². The molecule has 190 valence electrons. The van der Waals surface area contributed by atoms with Gasteiger partial charge in [0.15, 0.2) is 11.4 Å². The van der Waals surface area contributed by atoms with Gasteiger partial charge in [0.25, 0.3) is 11.8 Å². The van der Waals surface area contributed by atoms with Crippen molar-refractivity contribution in [2.45, 2.75) is 32.0 Å². The number of hydrogen-bond donors (Lipinski definition) is 1. The van der Waals surface area contributed by atoms with E-state index in [1.165, 1.54) is 12.3 Å². The summed E-state index contributed by atoms with van der Waals surface area (Å²) in [5.74, 6) is -2.85. The van der Waals surface area contributed by atoms with Crippen molar-refractivity contribution >= 4 is 11.8 Å². The number of benzene rings is 2. The third kappa shape index (κ3) is 4.64. The Morgan fingerprint density at radius 3 is 2.65 bits per heavy atom. The van der Waals surface area contributed by atoms with Crippen LogP contribution in [0.2, 0.25) is 0 Å². The Morgan fingerprint density at radius 2 is 1.89 bits per heavy atom. The summed E-state index contributed by atoms with van der Waals surface area (Å²) in [5, 5.41) is 2.54. The average molecular weight is 506 g/mol. The molecule has 0 unspecified atom stereocenters. The maximum absolute atomic E-state index is 14.1. The van der Waals surface area contributed by atoms with Gasteiger partial charge in [-0.2, -0.15) is 0 Å². The molecule has 0 fully saturated rings. The number of carbonyl (C=O) groups excluding carboxylic acids is 2. The maximum atomic E-state index is 14.1. The number of halogens is 2. The van der Waals surface area contributed by atoms with Crippen molar-refractivity contribution in [2.75, 3.05) is 13.1 Å². The number of hydrogen-bond acceptors (Lipinski definition) is 4. The van der Waals surface area contributed by atoms with E-state index in [0.29, 0.717) is 19.5 Å². The molecule has 0 radical (unpaired) electrons. The van der Waals surface area contributed by atoms with E-state index in [-0.39, 0.29) is 41.6 Å². The van der Waals surface area contributed by atoms with Gasteiger partial charge < -0.3 is 19.5 Å². The van der Waals surface area contributed by atoms with Gasteiger partial charge in [0, 0.05) is 37.5 Å². The van der Waals surface area contributed by atoms with Crippen molar-refractivity contribution in [2.24, 2.45) is 0 Å². The van der Waals surface area contributed by atoms with Crippen LogP contribution >= 0.6 is 0 Å². The van der Waals surface area contributed by atoms with Crippen molar-refractivity contribution in [3.8, 4) is 5.75 Å². The third-order valence-corrected chi connectivity index (χ3v) is 6.74. The highest BCUT2D eigenvalue weighted by molar-refractivity contribution is 5.99. The predicted octanol–water partition coefficient (Wildman–Crippen LogP) is 3.77. The van der Waals surface area contributed by atoms with E-state index in [2.05, 4.69) is 5.32 Å². The molecule has 1 atom stereocenters. The lowest BCUT2D eigenvalue weighted by Crippen LogP contribution is -2.53. The summed E-state index contributed by atoms with van der Waals surface area (Å²) in [7, 11) is 0. The molecule has 5 rings (SSSR count). The molecule has 9 heteroatoms. The van der Waals surface area contributed by atoms with Crippen LogP contribution in [0.1, 0.15) is 45.3 Å². The van der Waals surface area contributed by atoms with E-state index in [1.807, 2.05) is 49.4 Å². The largest absolute Gasteiger partial charge is 0.483 e. The number of nitrogens with zero attached hydrogens (tertiary/aromatic N) is 2. The van der Waals surface area contributed by atoms with Crippen LogP contribution in [0.4, 0.5) is 8.78 Å². The van der Waals surface area contributed by atoms with Gasteiger partial charge in [0.05, 0.1) is 5.54 Å². The Bertz CT molecular complexity index is 1470. The van der Waals surface area contributed by atoms with Gasteiger partial charge in [-0.1, -0.05) is 48.6 Å². The van der Waals surface area contributed by atoms with Gasteiger partial charge >= 0.3 is 0 Å². The topological polar surface area (TPSA) is 80.6 Å². The molecule has 7 nitrogen and oxygen atoms in total.